The summed E-state index contributed by atoms with van der Waals surface area (Å²) in [5.41, 5.74) is 2.08. The van der Waals surface area contributed by atoms with Gasteiger partial charge in [0, 0.05) is 43.1 Å². The van der Waals surface area contributed by atoms with Crippen LogP contribution in [0.4, 0.5) is 0 Å². The van der Waals surface area contributed by atoms with Gasteiger partial charge in [0.05, 0.1) is 12.3 Å². The molecule has 1 aromatic heterocycles. The third-order valence-corrected chi connectivity index (χ3v) is 4.37. The number of carbonyl (C=O) groups is 1. The zero-order valence-corrected chi connectivity index (χ0v) is 13.8. The minimum Gasteiger partial charge on any atom is -0.493 e. The van der Waals surface area contributed by atoms with Crippen LogP contribution in [0.25, 0.3) is 0 Å². The van der Waals surface area contributed by atoms with Crippen LogP contribution >= 0.6 is 11.6 Å². The highest BCUT2D eigenvalue weighted by Gasteiger charge is 2.27. The maximum Gasteiger partial charge on any atom is 0.219 e. The average Bonchev–Trinajstić information content (AvgIpc) is 3.16. The summed E-state index contributed by atoms with van der Waals surface area (Å²) in [5, 5.41) is 8.13. The molecule has 0 unspecified atom stereocenters. The summed E-state index contributed by atoms with van der Waals surface area (Å²) in [6.07, 6.45) is 1.73. The lowest BCUT2D eigenvalue weighted by molar-refractivity contribution is -0.127. The Morgan fingerprint density at radius 1 is 1.48 bits per heavy atom. The van der Waals surface area contributed by atoms with E-state index in [1.807, 2.05) is 23.1 Å². The molecule has 0 saturated carbocycles. The maximum absolute atomic E-state index is 11.4. The van der Waals surface area contributed by atoms with E-state index in [1.165, 1.54) is 0 Å². The first-order valence-electron chi connectivity index (χ1n) is 7.80. The number of carbonyl (C=O) groups excluding carboxylic acids is 1. The molecule has 1 atom stereocenters. The molecule has 0 spiro atoms. The lowest BCUT2D eigenvalue weighted by Gasteiger charge is -2.12. The number of hydrogen-bond donors (Lipinski definition) is 1. The van der Waals surface area contributed by atoms with Gasteiger partial charge in [0.1, 0.15) is 5.75 Å². The number of rotatable bonds is 5. The molecule has 1 aromatic carbocycles. The Hall–Kier alpha value is -2.01. The molecule has 1 aliphatic rings. The van der Waals surface area contributed by atoms with Gasteiger partial charge in [0.25, 0.3) is 0 Å². The number of nitrogens with one attached hydrogen (secondary N) is 1. The van der Waals surface area contributed by atoms with Crippen molar-refractivity contribution in [3.05, 3.63) is 46.7 Å². The molecule has 0 radical (unpaired) electrons. The van der Waals surface area contributed by atoms with Crippen molar-refractivity contribution in [1.29, 1.82) is 0 Å². The first-order valence-corrected chi connectivity index (χ1v) is 8.17. The van der Waals surface area contributed by atoms with Crippen molar-refractivity contribution < 1.29 is 9.53 Å². The monoisotopic (exact) mass is 333 g/mol. The van der Waals surface area contributed by atoms with Crippen LogP contribution in [0.1, 0.15) is 30.7 Å². The van der Waals surface area contributed by atoms with Crippen LogP contribution in [0.3, 0.4) is 0 Å². The first kappa shape index (κ1) is 15.9. The Morgan fingerprint density at radius 2 is 2.35 bits per heavy atom. The topological polar surface area (TPSA) is 58.2 Å². The van der Waals surface area contributed by atoms with Gasteiger partial charge in [-0.05, 0) is 30.7 Å². The SMILES string of the molecule is CC(=O)N1CC[C@H](c2cc(CCOc3cccc(Cl)c3)[nH]n2)C1. The number of ether oxygens (including phenoxy) is 1. The van der Waals surface area contributed by atoms with Crippen molar-refractivity contribution in [2.75, 3.05) is 19.7 Å². The second kappa shape index (κ2) is 7.04. The molecule has 122 valence electrons. The van der Waals surface area contributed by atoms with Crippen LogP contribution in [0.2, 0.25) is 5.02 Å². The first-order chi connectivity index (χ1) is 11.1. The molecule has 1 saturated heterocycles. The number of aromatic nitrogens is 2. The third-order valence-electron chi connectivity index (χ3n) is 4.14. The third kappa shape index (κ3) is 4.05. The number of hydrogen-bond acceptors (Lipinski definition) is 3. The molecular weight excluding hydrogens is 314 g/mol. The van der Waals surface area contributed by atoms with Crippen molar-refractivity contribution in [1.82, 2.24) is 15.1 Å². The van der Waals surface area contributed by atoms with Crippen LogP contribution in [-0.2, 0) is 11.2 Å². The van der Waals surface area contributed by atoms with Gasteiger partial charge in [-0.3, -0.25) is 9.89 Å². The standard InChI is InChI=1S/C17H20ClN3O2/c1-12(22)21-7-5-13(11-21)17-10-15(19-20-17)6-8-23-16-4-2-3-14(18)9-16/h2-4,9-10,13H,5-8,11H2,1H3,(H,19,20)/t13-/m0/s1. The summed E-state index contributed by atoms with van der Waals surface area (Å²) in [4.78, 5) is 13.3. The van der Waals surface area contributed by atoms with Crippen molar-refractivity contribution in [2.45, 2.75) is 25.7 Å². The molecular formula is C17H20ClN3O2. The highest BCUT2D eigenvalue weighted by molar-refractivity contribution is 6.30. The maximum atomic E-state index is 11.4. The molecule has 2 aromatic rings. The van der Waals surface area contributed by atoms with Crippen LogP contribution in [0, 0.1) is 0 Å². The molecule has 1 N–H and O–H groups in total. The van der Waals surface area contributed by atoms with Crippen LogP contribution in [0.5, 0.6) is 5.75 Å². The van der Waals surface area contributed by atoms with E-state index in [2.05, 4.69) is 16.3 Å². The highest BCUT2D eigenvalue weighted by Crippen LogP contribution is 2.26. The number of benzene rings is 1. The van der Waals surface area contributed by atoms with Gasteiger partial charge in [0.2, 0.25) is 5.91 Å². The zero-order valence-electron chi connectivity index (χ0n) is 13.1. The molecule has 1 aliphatic heterocycles. The quantitative estimate of drug-likeness (QED) is 0.915. The number of halogens is 1. The van der Waals surface area contributed by atoms with E-state index in [0.29, 0.717) is 17.5 Å². The molecule has 2 heterocycles. The molecule has 1 fully saturated rings. The summed E-state index contributed by atoms with van der Waals surface area (Å²) in [6.45, 7) is 3.76. The van der Waals surface area contributed by atoms with Crippen molar-refractivity contribution >= 4 is 17.5 Å². The fraction of sp³-hybridized carbons (Fsp3) is 0.412. The molecule has 0 bridgehead atoms. The molecule has 1 amide bonds. The molecule has 6 heteroatoms. The fourth-order valence-electron chi connectivity index (χ4n) is 2.84. The number of H-pyrrole nitrogens is 1. The number of amides is 1. The number of nitrogens with zero attached hydrogens (tertiary/aromatic N) is 2. The van der Waals surface area contributed by atoms with Gasteiger partial charge >= 0.3 is 0 Å². The summed E-state index contributed by atoms with van der Waals surface area (Å²) in [7, 11) is 0. The van der Waals surface area contributed by atoms with E-state index in [0.717, 1.165) is 43.1 Å². The van der Waals surface area contributed by atoms with Crippen molar-refractivity contribution in [3.63, 3.8) is 0 Å². The predicted octanol–water partition coefficient (Wildman–Crippen LogP) is 3.02. The smallest absolute Gasteiger partial charge is 0.219 e. The number of aromatic amines is 1. The lowest BCUT2D eigenvalue weighted by atomic mass is 10.0. The minimum atomic E-state index is 0.137. The van der Waals surface area contributed by atoms with Gasteiger partial charge in [-0.15, -0.1) is 0 Å². The Bertz CT molecular complexity index is 686. The molecule has 3 rings (SSSR count). The fourth-order valence-corrected chi connectivity index (χ4v) is 3.02. The van der Waals surface area contributed by atoms with Gasteiger partial charge in [-0.1, -0.05) is 17.7 Å². The average molecular weight is 334 g/mol. The van der Waals surface area contributed by atoms with Crippen molar-refractivity contribution in [3.8, 4) is 5.75 Å². The lowest BCUT2D eigenvalue weighted by Crippen LogP contribution is -2.25. The van der Waals surface area contributed by atoms with E-state index >= 15 is 0 Å². The van der Waals surface area contributed by atoms with Crippen LogP contribution < -0.4 is 4.74 Å². The minimum absolute atomic E-state index is 0.137. The summed E-state index contributed by atoms with van der Waals surface area (Å²) in [6, 6.07) is 9.46. The van der Waals surface area contributed by atoms with E-state index < -0.39 is 0 Å². The van der Waals surface area contributed by atoms with E-state index in [-0.39, 0.29) is 5.91 Å². The normalized spacial score (nSPS) is 17.5. The molecule has 5 nitrogen and oxygen atoms in total. The Morgan fingerprint density at radius 3 is 3.09 bits per heavy atom. The Kier molecular flexibility index (Phi) is 4.86. The van der Waals surface area contributed by atoms with Crippen molar-refractivity contribution in [2.24, 2.45) is 0 Å². The molecule has 0 aliphatic carbocycles. The summed E-state index contributed by atoms with van der Waals surface area (Å²) in [5.74, 6) is 1.24. The second-order valence-electron chi connectivity index (χ2n) is 5.82. The van der Waals surface area contributed by atoms with E-state index in [9.17, 15) is 4.79 Å². The van der Waals surface area contributed by atoms with Gasteiger partial charge in [-0.25, -0.2) is 0 Å². The Labute approximate surface area is 140 Å². The highest BCUT2D eigenvalue weighted by atomic mass is 35.5. The van der Waals surface area contributed by atoms with Gasteiger partial charge in [-0.2, -0.15) is 5.10 Å². The van der Waals surface area contributed by atoms with E-state index in [4.69, 9.17) is 16.3 Å². The predicted molar refractivity (Wildman–Crippen MR) is 88.9 cm³/mol. The number of likely N-dealkylation sites (tertiary alicyclic amines) is 1. The van der Waals surface area contributed by atoms with Crippen LogP contribution in [0.15, 0.2) is 30.3 Å². The summed E-state index contributed by atoms with van der Waals surface area (Å²) >= 11 is 5.93. The Balaban J connectivity index is 1.51. The van der Waals surface area contributed by atoms with Crippen LogP contribution in [-0.4, -0.2) is 40.7 Å². The zero-order chi connectivity index (χ0) is 16.2. The molecule has 23 heavy (non-hydrogen) atoms. The second-order valence-corrected chi connectivity index (χ2v) is 6.26. The largest absolute Gasteiger partial charge is 0.493 e. The van der Waals surface area contributed by atoms with E-state index in [1.54, 1.807) is 13.0 Å². The summed E-state index contributed by atoms with van der Waals surface area (Å²) < 4.78 is 5.69. The van der Waals surface area contributed by atoms with Gasteiger partial charge < -0.3 is 9.64 Å². The van der Waals surface area contributed by atoms with Gasteiger partial charge in [0.15, 0.2) is 0 Å².